The van der Waals surface area contributed by atoms with Crippen LogP contribution in [0.4, 0.5) is 0 Å². The summed E-state index contributed by atoms with van der Waals surface area (Å²) in [6.45, 7) is 2.06. The molecule has 74 valence electrons. The van der Waals surface area contributed by atoms with E-state index in [1.165, 1.54) is 0 Å². The number of nitrogens with one attached hydrogen (secondary N) is 2. The van der Waals surface area contributed by atoms with Crippen molar-refractivity contribution in [2.24, 2.45) is 5.92 Å². The van der Waals surface area contributed by atoms with Crippen molar-refractivity contribution < 1.29 is 4.79 Å². The van der Waals surface area contributed by atoms with Gasteiger partial charge >= 0.3 is 0 Å². The average Bonchev–Trinajstić information content (AvgIpc) is 2.67. The van der Waals surface area contributed by atoms with Crippen LogP contribution in [-0.4, -0.2) is 26.5 Å². The van der Waals surface area contributed by atoms with Gasteiger partial charge in [-0.25, -0.2) is 5.10 Å². The maximum atomic E-state index is 11.3. The quantitative estimate of drug-likeness (QED) is 0.630. The molecule has 0 saturated carbocycles. The highest BCUT2D eigenvalue weighted by Gasteiger charge is 2.11. The Hall–Kier alpha value is -1.90. The molecular weight excluding hydrogens is 182 g/mol. The molecule has 0 aliphatic carbocycles. The highest BCUT2D eigenvalue weighted by Crippen LogP contribution is 1.99. The van der Waals surface area contributed by atoms with E-state index in [0.29, 0.717) is 18.8 Å². The van der Waals surface area contributed by atoms with Crippen LogP contribution in [0.25, 0.3) is 0 Å². The molecule has 0 fully saturated rings. The Morgan fingerprint density at radius 2 is 2.57 bits per heavy atom. The Kier molecular flexibility index (Phi) is 3.61. The van der Waals surface area contributed by atoms with Crippen LogP contribution in [0.1, 0.15) is 19.2 Å². The molecule has 2 N–H and O–H groups in total. The maximum Gasteiger partial charge on any atom is 0.224 e. The number of hydrogen-bond acceptors (Lipinski definition) is 4. The zero-order valence-electron chi connectivity index (χ0n) is 7.82. The Balaban J connectivity index is 2.32. The molecular formula is C8H11N5O. The monoisotopic (exact) mass is 193 g/mol. The molecule has 0 aliphatic heterocycles. The number of H-pyrrole nitrogens is 1. The van der Waals surface area contributed by atoms with Gasteiger partial charge in [-0.1, -0.05) is 6.92 Å². The van der Waals surface area contributed by atoms with E-state index in [2.05, 4.69) is 31.9 Å². The van der Waals surface area contributed by atoms with E-state index >= 15 is 0 Å². The van der Waals surface area contributed by atoms with Crippen molar-refractivity contribution in [1.82, 2.24) is 25.9 Å². The normalized spacial score (nSPS) is 11.7. The van der Waals surface area contributed by atoms with E-state index in [0.717, 1.165) is 0 Å². The fourth-order valence-corrected chi connectivity index (χ4v) is 0.868. The second kappa shape index (κ2) is 4.97. The van der Waals surface area contributed by atoms with E-state index in [1.54, 1.807) is 6.92 Å². The van der Waals surface area contributed by atoms with Crippen molar-refractivity contribution in [2.45, 2.75) is 19.9 Å². The van der Waals surface area contributed by atoms with Gasteiger partial charge in [0.1, 0.15) is 0 Å². The molecule has 1 rings (SSSR count). The van der Waals surface area contributed by atoms with Crippen molar-refractivity contribution >= 4 is 5.91 Å². The summed E-state index contributed by atoms with van der Waals surface area (Å²) in [6.07, 6.45) is 5.52. The van der Waals surface area contributed by atoms with E-state index in [1.807, 2.05) is 0 Å². The number of terminal acetylenes is 1. The molecule has 1 aromatic heterocycles. The summed E-state index contributed by atoms with van der Waals surface area (Å²) < 4.78 is 0. The number of amides is 1. The van der Waals surface area contributed by atoms with Crippen molar-refractivity contribution in [1.29, 1.82) is 0 Å². The molecule has 6 heteroatoms. The molecule has 0 radical (unpaired) electrons. The van der Waals surface area contributed by atoms with Gasteiger partial charge in [-0.2, -0.15) is 0 Å². The predicted molar refractivity (Wildman–Crippen MR) is 48.6 cm³/mol. The second-order valence-electron chi connectivity index (χ2n) is 2.88. The first kappa shape index (κ1) is 10.2. The summed E-state index contributed by atoms with van der Waals surface area (Å²) >= 11 is 0. The van der Waals surface area contributed by atoms with Gasteiger partial charge < -0.3 is 5.32 Å². The van der Waals surface area contributed by atoms with Crippen LogP contribution in [0.3, 0.4) is 0 Å². The Morgan fingerprint density at radius 1 is 1.79 bits per heavy atom. The number of aromatic nitrogens is 4. The third-order valence-electron chi connectivity index (χ3n) is 1.69. The number of aromatic amines is 1. The van der Waals surface area contributed by atoms with E-state index < -0.39 is 0 Å². The molecule has 0 spiro atoms. The van der Waals surface area contributed by atoms with Crippen molar-refractivity contribution in [2.75, 3.05) is 0 Å². The van der Waals surface area contributed by atoms with Gasteiger partial charge in [0, 0.05) is 12.3 Å². The fraction of sp³-hybridized carbons (Fsp3) is 0.500. The Labute approximate surface area is 81.5 Å². The van der Waals surface area contributed by atoms with E-state index in [4.69, 9.17) is 6.42 Å². The second-order valence-corrected chi connectivity index (χ2v) is 2.88. The van der Waals surface area contributed by atoms with Crippen LogP contribution in [0.15, 0.2) is 0 Å². The average molecular weight is 193 g/mol. The van der Waals surface area contributed by atoms with Gasteiger partial charge in [0.2, 0.25) is 5.91 Å². The molecule has 6 nitrogen and oxygen atoms in total. The van der Waals surface area contributed by atoms with Gasteiger partial charge in [-0.05, 0) is 10.4 Å². The number of nitrogens with zero attached hydrogens (tertiary/aromatic N) is 3. The standard InChI is InChI=1S/C8H11N5O/c1-3-4-6(2)8(14)9-5-7-10-12-13-11-7/h1,6H,4-5H2,2H3,(H,9,14)(H,10,11,12,13). The van der Waals surface area contributed by atoms with Crippen molar-refractivity contribution in [3.05, 3.63) is 5.82 Å². The summed E-state index contributed by atoms with van der Waals surface area (Å²) in [6, 6.07) is 0. The smallest absolute Gasteiger partial charge is 0.224 e. The van der Waals surface area contributed by atoms with Crippen molar-refractivity contribution in [3.63, 3.8) is 0 Å². The topological polar surface area (TPSA) is 83.6 Å². The van der Waals surface area contributed by atoms with E-state index in [9.17, 15) is 4.79 Å². The third kappa shape index (κ3) is 2.86. The molecule has 1 unspecified atom stereocenters. The largest absolute Gasteiger partial charge is 0.348 e. The third-order valence-corrected chi connectivity index (χ3v) is 1.69. The van der Waals surface area contributed by atoms with Crippen LogP contribution in [0.2, 0.25) is 0 Å². The molecule has 0 bridgehead atoms. The first-order valence-corrected chi connectivity index (χ1v) is 4.17. The maximum absolute atomic E-state index is 11.3. The lowest BCUT2D eigenvalue weighted by molar-refractivity contribution is -0.124. The van der Waals surface area contributed by atoms with Crippen LogP contribution in [-0.2, 0) is 11.3 Å². The lowest BCUT2D eigenvalue weighted by Gasteiger charge is -2.07. The summed E-state index contributed by atoms with van der Waals surface area (Å²) in [7, 11) is 0. The molecule has 0 saturated heterocycles. The van der Waals surface area contributed by atoms with Gasteiger partial charge in [0.15, 0.2) is 5.82 Å². The molecule has 1 heterocycles. The SMILES string of the molecule is C#CCC(C)C(=O)NCc1nnn[nH]1. The lowest BCUT2D eigenvalue weighted by Crippen LogP contribution is -2.28. The first-order valence-electron chi connectivity index (χ1n) is 4.17. The lowest BCUT2D eigenvalue weighted by atomic mass is 10.1. The highest BCUT2D eigenvalue weighted by atomic mass is 16.1. The molecule has 1 atom stereocenters. The van der Waals surface area contributed by atoms with Crippen LogP contribution in [0.5, 0.6) is 0 Å². The number of rotatable bonds is 4. The number of carbonyl (C=O) groups is 1. The zero-order valence-corrected chi connectivity index (χ0v) is 7.82. The molecule has 1 amide bonds. The minimum Gasteiger partial charge on any atom is -0.348 e. The summed E-state index contributed by atoms with van der Waals surface area (Å²) in [5.74, 6) is 2.67. The Morgan fingerprint density at radius 3 is 3.14 bits per heavy atom. The van der Waals surface area contributed by atoms with Gasteiger partial charge in [0.25, 0.3) is 0 Å². The van der Waals surface area contributed by atoms with Gasteiger partial charge in [-0.3, -0.25) is 4.79 Å². The number of hydrogen-bond donors (Lipinski definition) is 2. The van der Waals surface area contributed by atoms with Crippen LogP contribution >= 0.6 is 0 Å². The zero-order chi connectivity index (χ0) is 10.4. The molecule has 0 aliphatic rings. The summed E-state index contributed by atoms with van der Waals surface area (Å²) in [5.41, 5.74) is 0. The van der Waals surface area contributed by atoms with Gasteiger partial charge in [0.05, 0.1) is 6.54 Å². The minimum atomic E-state index is -0.184. The molecule has 0 aromatic carbocycles. The van der Waals surface area contributed by atoms with Crippen LogP contribution in [0, 0.1) is 18.3 Å². The molecule has 14 heavy (non-hydrogen) atoms. The number of carbonyl (C=O) groups excluding carboxylic acids is 1. The Bertz CT molecular complexity index is 326. The predicted octanol–water partition coefficient (Wildman–Crippen LogP) is -0.525. The fourth-order valence-electron chi connectivity index (χ4n) is 0.868. The summed E-state index contributed by atoms with van der Waals surface area (Å²) in [4.78, 5) is 11.3. The highest BCUT2D eigenvalue weighted by molar-refractivity contribution is 5.78. The number of tetrazole rings is 1. The van der Waals surface area contributed by atoms with Crippen LogP contribution < -0.4 is 5.32 Å². The molecule has 1 aromatic rings. The van der Waals surface area contributed by atoms with Crippen molar-refractivity contribution in [3.8, 4) is 12.3 Å². The minimum absolute atomic E-state index is 0.0978. The van der Waals surface area contributed by atoms with E-state index in [-0.39, 0.29) is 11.8 Å². The van der Waals surface area contributed by atoms with Gasteiger partial charge in [-0.15, -0.1) is 17.4 Å². The first-order chi connectivity index (χ1) is 6.74. The summed E-state index contributed by atoms with van der Waals surface area (Å²) in [5, 5.41) is 15.6.